The first-order chi connectivity index (χ1) is 21.2. The van der Waals surface area contributed by atoms with Crippen LogP contribution in [0.5, 0.6) is 28.7 Å². The van der Waals surface area contributed by atoms with Gasteiger partial charge in [-0.2, -0.15) is 0 Å². The van der Waals surface area contributed by atoms with E-state index in [2.05, 4.69) is 0 Å². The molecule has 18 heteroatoms. The van der Waals surface area contributed by atoms with Crippen LogP contribution in [-0.2, 0) is 14.3 Å². The Hall–Kier alpha value is -4.24. The molecule has 0 amide bonds. The number of hydrogen-bond donors (Lipinski definition) is 11. The third-order valence-electron chi connectivity index (χ3n) is 7.29. The van der Waals surface area contributed by atoms with E-state index in [0.29, 0.717) is 0 Å². The largest absolute Gasteiger partial charge is 0.507 e. The number of carboxylic acids is 1. The average Bonchev–Trinajstić information content (AvgIpc) is 2.99. The van der Waals surface area contributed by atoms with Crippen LogP contribution in [0.25, 0.3) is 22.3 Å². The van der Waals surface area contributed by atoms with Gasteiger partial charge in [-0.3, -0.25) is 4.79 Å². The van der Waals surface area contributed by atoms with Crippen molar-refractivity contribution in [3.63, 3.8) is 0 Å². The predicted octanol–water partition coefficient (Wildman–Crippen LogP) is -2.97. The maximum absolute atomic E-state index is 13.7. The summed E-state index contributed by atoms with van der Waals surface area (Å²) in [5, 5.41) is 110. The van der Waals surface area contributed by atoms with Gasteiger partial charge >= 0.3 is 5.97 Å². The standard InChI is InChI=1S/C27H28O18/c28-6-13-15(32)17(34)20(37)27(43-13)44-23-16(33)14-11(31)4-8(41-26-21(38)18(35)19(36)24(45-26)25(39)40)5-12(14)42-22(23)7-1-2-9(29)10(30)3-7/h1-5,13,15,17-21,24,26-32,34-38H,6H2,(H,39,40). The zero-order valence-corrected chi connectivity index (χ0v) is 22.6. The summed E-state index contributed by atoms with van der Waals surface area (Å²) in [6.45, 7) is -0.817. The van der Waals surface area contributed by atoms with Crippen molar-refractivity contribution in [3.05, 3.63) is 40.6 Å². The van der Waals surface area contributed by atoms with Crippen LogP contribution in [0.1, 0.15) is 0 Å². The van der Waals surface area contributed by atoms with Crippen LogP contribution in [-0.4, -0.2) is 130 Å². The molecule has 1 aromatic heterocycles. The monoisotopic (exact) mass is 640 g/mol. The second kappa shape index (κ2) is 12.3. The maximum atomic E-state index is 13.7. The van der Waals surface area contributed by atoms with E-state index < -0.39 is 119 Å². The lowest BCUT2D eigenvalue weighted by Gasteiger charge is -2.39. The molecule has 0 bridgehead atoms. The van der Waals surface area contributed by atoms with E-state index in [4.69, 9.17) is 23.4 Å². The molecule has 5 rings (SSSR count). The molecule has 244 valence electrons. The number of aliphatic hydroxyl groups is 7. The van der Waals surface area contributed by atoms with Gasteiger partial charge in [-0.1, -0.05) is 0 Å². The zero-order chi connectivity index (χ0) is 32.9. The summed E-state index contributed by atoms with van der Waals surface area (Å²) in [5.41, 5.74) is -1.65. The van der Waals surface area contributed by atoms with Crippen molar-refractivity contribution in [1.82, 2.24) is 0 Å². The number of hydrogen-bond acceptors (Lipinski definition) is 17. The fourth-order valence-corrected chi connectivity index (χ4v) is 4.85. The van der Waals surface area contributed by atoms with E-state index in [0.717, 1.165) is 24.3 Å². The number of carboxylic acid groups (broad SMARTS) is 1. The smallest absolute Gasteiger partial charge is 0.335 e. The first kappa shape index (κ1) is 32.2. The summed E-state index contributed by atoms with van der Waals surface area (Å²) in [6, 6.07) is 5.02. The minimum absolute atomic E-state index is 0.109. The van der Waals surface area contributed by atoms with E-state index in [1.54, 1.807) is 0 Å². The quantitative estimate of drug-likeness (QED) is 0.115. The number of fused-ring (bicyclic) bond motifs is 1. The molecular weight excluding hydrogens is 612 g/mol. The molecule has 2 saturated heterocycles. The summed E-state index contributed by atoms with van der Waals surface area (Å²) < 4.78 is 27.2. The van der Waals surface area contributed by atoms with Crippen molar-refractivity contribution in [1.29, 1.82) is 0 Å². The number of aromatic hydroxyl groups is 3. The Labute approximate surface area is 250 Å². The molecule has 2 fully saturated rings. The summed E-state index contributed by atoms with van der Waals surface area (Å²) >= 11 is 0. The van der Waals surface area contributed by atoms with Crippen molar-refractivity contribution in [2.24, 2.45) is 0 Å². The topological polar surface area (TPSA) is 307 Å². The summed E-state index contributed by atoms with van der Waals surface area (Å²) in [7, 11) is 0. The molecule has 0 radical (unpaired) electrons. The molecule has 2 aliphatic rings. The molecular formula is C27H28O18. The number of carbonyl (C=O) groups is 1. The predicted molar refractivity (Wildman–Crippen MR) is 142 cm³/mol. The molecule has 2 aliphatic heterocycles. The number of benzene rings is 2. The first-order valence-electron chi connectivity index (χ1n) is 13.2. The summed E-state index contributed by atoms with van der Waals surface area (Å²) in [5.74, 6) is -5.35. The molecule has 18 nitrogen and oxygen atoms in total. The molecule has 3 aromatic rings. The van der Waals surface area contributed by atoms with Crippen LogP contribution >= 0.6 is 0 Å². The van der Waals surface area contributed by atoms with E-state index in [-0.39, 0.29) is 11.3 Å². The van der Waals surface area contributed by atoms with Gasteiger partial charge in [-0.15, -0.1) is 0 Å². The number of aliphatic hydroxyl groups excluding tert-OH is 7. The molecule has 0 spiro atoms. The van der Waals surface area contributed by atoms with Gasteiger partial charge in [0.1, 0.15) is 65.2 Å². The lowest BCUT2D eigenvalue weighted by Crippen LogP contribution is -2.61. The Balaban J connectivity index is 1.60. The van der Waals surface area contributed by atoms with Crippen molar-refractivity contribution in [3.8, 4) is 40.1 Å². The highest BCUT2D eigenvalue weighted by atomic mass is 16.7. The fourth-order valence-electron chi connectivity index (χ4n) is 4.85. The van der Waals surface area contributed by atoms with Crippen LogP contribution in [0.3, 0.4) is 0 Å². The van der Waals surface area contributed by atoms with Gasteiger partial charge in [0.2, 0.25) is 23.8 Å². The number of aliphatic carboxylic acids is 1. The Morgan fingerprint density at radius 3 is 2.02 bits per heavy atom. The molecule has 2 aromatic carbocycles. The van der Waals surface area contributed by atoms with E-state index in [1.807, 2.05) is 0 Å². The Bertz CT molecular complexity index is 1640. The Kier molecular flexibility index (Phi) is 8.77. The van der Waals surface area contributed by atoms with Crippen molar-refractivity contribution in [2.75, 3.05) is 6.61 Å². The highest BCUT2D eigenvalue weighted by Gasteiger charge is 2.48. The first-order valence-corrected chi connectivity index (χ1v) is 13.2. The second-order valence-electron chi connectivity index (χ2n) is 10.3. The molecule has 11 N–H and O–H groups in total. The van der Waals surface area contributed by atoms with Gasteiger partial charge in [0.25, 0.3) is 0 Å². The molecule has 0 saturated carbocycles. The van der Waals surface area contributed by atoms with Crippen LogP contribution in [0.15, 0.2) is 39.5 Å². The highest BCUT2D eigenvalue weighted by molar-refractivity contribution is 5.88. The highest BCUT2D eigenvalue weighted by Crippen LogP contribution is 2.40. The lowest BCUT2D eigenvalue weighted by molar-refractivity contribution is -0.277. The second-order valence-corrected chi connectivity index (χ2v) is 10.3. The average molecular weight is 641 g/mol. The van der Waals surface area contributed by atoms with E-state index >= 15 is 0 Å². The maximum Gasteiger partial charge on any atom is 0.335 e. The minimum Gasteiger partial charge on any atom is -0.507 e. The normalized spacial score (nSPS) is 31.9. The molecule has 3 heterocycles. The van der Waals surface area contributed by atoms with E-state index in [1.165, 1.54) is 6.07 Å². The van der Waals surface area contributed by atoms with Crippen LogP contribution in [0.4, 0.5) is 0 Å². The molecule has 0 aliphatic carbocycles. The summed E-state index contributed by atoms with van der Waals surface area (Å²) in [6.07, 6.45) is -18.8. The minimum atomic E-state index is -2.01. The van der Waals surface area contributed by atoms with Gasteiger partial charge < -0.3 is 79.5 Å². The SMILES string of the molecule is O=C(O)C1OC(Oc2cc(O)c3c(=O)c(OC4OC(CO)C(O)C(O)C4O)c(-c4ccc(O)c(O)c4)oc3c2)C(O)C(O)C1O. The summed E-state index contributed by atoms with van der Waals surface area (Å²) in [4.78, 5) is 25.2. The van der Waals surface area contributed by atoms with Crippen LogP contribution in [0.2, 0.25) is 0 Å². The van der Waals surface area contributed by atoms with Gasteiger partial charge in [-0.25, -0.2) is 4.79 Å². The van der Waals surface area contributed by atoms with Gasteiger partial charge in [-0.05, 0) is 18.2 Å². The Morgan fingerprint density at radius 2 is 1.40 bits per heavy atom. The molecule has 10 atom stereocenters. The molecule has 10 unspecified atom stereocenters. The van der Waals surface area contributed by atoms with Crippen molar-refractivity contribution >= 4 is 16.9 Å². The Morgan fingerprint density at radius 1 is 0.756 bits per heavy atom. The van der Waals surface area contributed by atoms with Gasteiger partial charge in [0.05, 0.1) is 6.61 Å². The number of rotatable bonds is 7. The lowest BCUT2D eigenvalue weighted by atomic mass is 9.99. The van der Waals surface area contributed by atoms with Crippen LogP contribution < -0.4 is 14.9 Å². The number of phenolic OH excluding ortho intramolecular Hbond substituents is 3. The third-order valence-corrected chi connectivity index (χ3v) is 7.29. The van der Waals surface area contributed by atoms with Crippen LogP contribution in [0, 0.1) is 0 Å². The van der Waals surface area contributed by atoms with Crippen molar-refractivity contribution in [2.45, 2.75) is 61.4 Å². The molecule has 45 heavy (non-hydrogen) atoms. The third kappa shape index (κ3) is 5.81. The van der Waals surface area contributed by atoms with Crippen molar-refractivity contribution < 1.29 is 84.3 Å². The number of ether oxygens (including phenoxy) is 4. The van der Waals surface area contributed by atoms with Gasteiger partial charge in [0, 0.05) is 17.7 Å². The fraction of sp³-hybridized carbons (Fsp3) is 0.407. The van der Waals surface area contributed by atoms with Gasteiger partial charge in [0.15, 0.2) is 23.4 Å². The number of phenols is 3. The van der Waals surface area contributed by atoms with E-state index in [9.17, 15) is 65.8 Å². The zero-order valence-electron chi connectivity index (χ0n) is 22.6.